The van der Waals surface area contributed by atoms with E-state index in [1.165, 1.54) is 0 Å². The Morgan fingerprint density at radius 3 is 2.34 bits per heavy atom. The number of aromatic amines is 1. The third-order valence-corrected chi connectivity index (χ3v) is 6.69. The van der Waals surface area contributed by atoms with E-state index in [9.17, 15) is 14.7 Å². The second kappa shape index (κ2) is 11.0. The van der Waals surface area contributed by atoms with Crippen LogP contribution in [0.4, 0.5) is 0 Å². The minimum atomic E-state index is -0.294. The van der Waals surface area contributed by atoms with Crippen LogP contribution in [0, 0.1) is 0 Å². The molecule has 0 saturated heterocycles. The van der Waals surface area contributed by atoms with Crippen molar-refractivity contribution in [1.29, 1.82) is 0 Å². The van der Waals surface area contributed by atoms with Crippen molar-refractivity contribution >= 4 is 28.5 Å². The molecular formula is C32H26ClNO4. The summed E-state index contributed by atoms with van der Waals surface area (Å²) in [5.74, 6) is -0.140. The van der Waals surface area contributed by atoms with Gasteiger partial charge >= 0.3 is 5.97 Å². The van der Waals surface area contributed by atoms with Gasteiger partial charge in [0.15, 0.2) is 0 Å². The lowest BCUT2D eigenvalue weighted by molar-refractivity contribution is -0.142. The number of fused-ring (bicyclic) bond motifs is 1. The van der Waals surface area contributed by atoms with Crippen molar-refractivity contribution in [2.75, 3.05) is 6.61 Å². The van der Waals surface area contributed by atoms with Crippen LogP contribution in [-0.4, -0.2) is 22.7 Å². The van der Waals surface area contributed by atoms with Gasteiger partial charge in [-0.3, -0.25) is 9.59 Å². The van der Waals surface area contributed by atoms with Gasteiger partial charge < -0.3 is 14.8 Å². The van der Waals surface area contributed by atoms with Crippen molar-refractivity contribution < 1.29 is 14.6 Å². The van der Waals surface area contributed by atoms with E-state index >= 15 is 0 Å². The van der Waals surface area contributed by atoms with Crippen LogP contribution >= 0.6 is 11.6 Å². The molecule has 1 aromatic heterocycles. The Labute approximate surface area is 225 Å². The predicted molar refractivity (Wildman–Crippen MR) is 153 cm³/mol. The molecule has 0 aliphatic carbocycles. The lowest BCUT2D eigenvalue weighted by Crippen LogP contribution is -2.10. The quantitative estimate of drug-likeness (QED) is 0.218. The summed E-state index contributed by atoms with van der Waals surface area (Å²) in [6, 6.07) is 27.9. The normalized spacial score (nSPS) is 11.0. The van der Waals surface area contributed by atoms with E-state index in [-0.39, 0.29) is 23.7 Å². The zero-order valence-corrected chi connectivity index (χ0v) is 21.6. The average molecular weight is 524 g/mol. The van der Waals surface area contributed by atoms with Crippen LogP contribution in [0.3, 0.4) is 0 Å². The minimum Gasteiger partial charge on any atom is -0.507 e. The number of hydrogen-bond donors (Lipinski definition) is 2. The van der Waals surface area contributed by atoms with Gasteiger partial charge in [0.2, 0.25) is 0 Å². The highest BCUT2D eigenvalue weighted by Crippen LogP contribution is 2.37. The van der Waals surface area contributed by atoms with Crippen molar-refractivity contribution in [3.05, 3.63) is 112 Å². The Morgan fingerprint density at radius 1 is 0.842 bits per heavy atom. The van der Waals surface area contributed by atoms with Gasteiger partial charge in [0.1, 0.15) is 5.75 Å². The molecule has 6 heteroatoms. The van der Waals surface area contributed by atoms with Gasteiger partial charge in [-0.1, -0.05) is 85.3 Å². The number of pyridine rings is 1. The lowest BCUT2D eigenvalue weighted by atomic mass is 9.97. The maximum atomic E-state index is 13.0. The molecule has 0 saturated carbocycles. The highest BCUT2D eigenvalue weighted by Gasteiger charge is 2.13. The fourth-order valence-electron chi connectivity index (χ4n) is 4.51. The molecule has 5 rings (SSSR count). The van der Waals surface area contributed by atoms with Crippen molar-refractivity contribution in [2.24, 2.45) is 0 Å². The molecule has 0 atom stereocenters. The van der Waals surface area contributed by atoms with Gasteiger partial charge in [-0.25, -0.2) is 0 Å². The van der Waals surface area contributed by atoms with E-state index in [1.807, 2.05) is 85.8 Å². The highest BCUT2D eigenvalue weighted by molar-refractivity contribution is 6.34. The molecule has 38 heavy (non-hydrogen) atoms. The molecule has 0 spiro atoms. The fourth-order valence-corrected chi connectivity index (χ4v) is 4.78. The number of ether oxygens (including phenoxy) is 1. The number of nitrogens with one attached hydrogen (secondary N) is 1. The summed E-state index contributed by atoms with van der Waals surface area (Å²) in [7, 11) is 0. The highest BCUT2D eigenvalue weighted by atomic mass is 35.5. The first kappa shape index (κ1) is 25.3. The standard InChI is InChI=1S/C32H26ClNO4/c1-2-13-38-31(36)15-20-7-6-10-22(14-20)27-17-24-16-26(28(33)19-29(24)34-32(27)37)23-11-12-25(30(35)18-23)21-8-4-3-5-9-21/h3-12,14,16-19,35H,2,13,15H2,1H3,(H,34,37). The topological polar surface area (TPSA) is 79.4 Å². The number of halogens is 1. The summed E-state index contributed by atoms with van der Waals surface area (Å²) in [5.41, 5.74) is 5.46. The largest absolute Gasteiger partial charge is 0.507 e. The number of esters is 1. The third-order valence-electron chi connectivity index (χ3n) is 6.38. The molecule has 0 unspecified atom stereocenters. The molecule has 0 amide bonds. The summed E-state index contributed by atoms with van der Waals surface area (Å²) in [4.78, 5) is 28.0. The molecular weight excluding hydrogens is 498 g/mol. The first-order valence-corrected chi connectivity index (χ1v) is 12.8. The fraction of sp³-hybridized carbons (Fsp3) is 0.125. The Bertz CT molecular complexity index is 1690. The van der Waals surface area contributed by atoms with E-state index in [1.54, 1.807) is 12.1 Å². The van der Waals surface area contributed by atoms with E-state index in [0.29, 0.717) is 28.3 Å². The van der Waals surface area contributed by atoms with Crippen molar-refractivity contribution in [2.45, 2.75) is 19.8 Å². The Kier molecular flexibility index (Phi) is 7.29. The molecule has 0 aliphatic heterocycles. The number of hydrogen-bond acceptors (Lipinski definition) is 4. The summed E-state index contributed by atoms with van der Waals surface area (Å²) in [6.07, 6.45) is 0.905. The number of aromatic hydroxyl groups is 1. The van der Waals surface area contributed by atoms with Gasteiger partial charge in [0.05, 0.1) is 18.1 Å². The first-order chi connectivity index (χ1) is 18.4. The van der Waals surface area contributed by atoms with Gasteiger partial charge in [0, 0.05) is 22.2 Å². The second-order valence-corrected chi connectivity index (χ2v) is 9.53. The van der Waals surface area contributed by atoms with Gasteiger partial charge in [-0.2, -0.15) is 0 Å². The third kappa shape index (κ3) is 5.34. The van der Waals surface area contributed by atoms with Crippen molar-refractivity contribution in [1.82, 2.24) is 4.98 Å². The summed E-state index contributed by atoms with van der Waals surface area (Å²) >= 11 is 6.61. The molecule has 0 bridgehead atoms. The van der Waals surface area contributed by atoms with E-state index in [2.05, 4.69) is 4.98 Å². The van der Waals surface area contributed by atoms with Crippen molar-refractivity contribution in [3.8, 4) is 39.1 Å². The molecule has 5 nitrogen and oxygen atoms in total. The number of carbonyl (C=O) groups excluding carboxylic acids is 1. The lowest BCUT2D eigenvalue weighted by Gasteiger charge is -2.12. The summed E-state index contributed by atoms with van der Waals surface area (Å²) in [6.45, 7) is 2.33. The molecule has 0 fully saturated rings. The molecule has 2 N–H and O–H groups in total. The number of H-pyrrole nitrogens is 1. The number of benzene rings is 4. The van der Waals surface area contributed by atoms with Crippen LogP contribution in [0.25, 0.3) is 44.3 Å². The number of carbonyl (C=O) groups is 1. The first-order valence-electron chi connectivity index (χ1n) is 12.4. The molecule has 1 heterocycles. The van der Waals surface area contributed by atoms with Crippen LogP contribution in [0.1, 0.15) is 18.9 Å². The second-order valence-electron chi connectivity index (χ2n) is 9.13. The Morgan fingerprint density at radius 2 is 1.58 bits per heavy atom. The van der Waals surface area contributed by atoms with Crippen LogP contribution in [0.15, 0.2) is 95.8 Å². The zero-order chi connectivity index (χ0) is 26.6. The molecule has 4 aromatic carbocycles. The molecule has 190 valence electrons. The SMILES string of the molecule is CCCOC(=O)Cc1cccc(-c2cc3cc(-c4ccc(-c5ccccc5)c(O)c4)c(Cl)cc3[nH]c2=O)c1. The Hall–Kier alpha value is -4.35. The van der Waals surface area contributed by atoms with Crippen molar-refractivity contribution in [3.63, 3.8) is 0 Å². The smallest absolute Gasteiger partial charge is 0.310 e. The summed E-state index contributed by atoms with van der Waals surface area (Å²) < 4.78 is 5.19. The summed E-state index contributed by atoms with van der Waals surface area (Å²) in [5, 5.41) is 12.0. The van der Waals surface area contributed by atoms with Crippen LogP contribution in [0.2, 0.25) is 5.02 Å². The maximum Gasteiger partial charge on any atom is 0.310 e. The monoisotopic (exact) mass is 523 g/mol. The number of phenolic OH excluding ortho intramolecular Hbond substituents is 1. The number of phenols is 1. The number of aromatic nitrogens is 1. The van der Waals surface area contributed by atoms with Gasteiger partial charge in [-0.15, -0.1) is 0 Å². The maximum absolute atomic E-state index is 13.0. The number of rotatable bonds is 7. The van der Waals surface area contributed by atoms with Crippen LogP contribution in [0.5, 0.6) is 5.75 Å². The molecule has 0 aliphatic rings. The van der Waals surface area contributed by atoms with Crippen LogP contribution < -0.4 is 5.56 Å². The van der Waals surface area contributed by atoms with Gasteiger partial charge in [-0.05, 0) is 58.3 Å². The van der Waals surface area contributed by atoms with E-state index in [4.69, 9.17) is 16.3 Å². The van der Waals surface area contributed by atoms with E-state index in [0.717, 1.165) is 39.6 Å². The van der Waals surface area contributed by atoms with Crippen LogP contribution in [-0.2, 0) is 16.0 Å². The Balaban J connectivity index is 1.52. The average Bonchev–Trinajstić information content (AvgIpc) is 2.92. The van der Waals surface area contributed by atoms with Gasteiger partial charge in [0.25, 0.3) is 5.56 Å². The predicted octanol–water partition coefficient (Wildman–Crippen LogP) is 7.38. The minimum absolute atomic E-state index is 0.140. The molecule has 5 aromatic rings. The molecule has 0 radical (unpaired) electrons. The zero-order valence-electron chi connectivity index (χ0n) is 20.8. The van der Waals surface area contributed by atoms with E-state index < -0.39 is 0 Å².